The Bertz CT molecular complexity index is 992. The Labute approximate surface area is 225 Å². The Morgan fingerprint density at radius 2 is 1.74 bits per heavy atom. The van der Waals surface area contributed by atoms with E-state index in [-0.39, 0.29) is 42.5 Å². The number of nitrogens with one attached hydrogen (secondary N) is 2. The van der Waals surface area contributed by atoms with Crippen molar-refractivity contribution in [2.75, 3.05) is 0 Å². The van der Waals surface area contributed by atoms with Crippen LogP contribution in [0.4, 0.5) is 0 Å². The minimum Gasteiger partial charge on any atom is -0.419 e. The van der Waals surface area contributed by atoms with E-state index in [1.54, 1.807) is 50.3 Å². The molecule has 10 heteroatoms. The molecule has 1 aromatic rings. The van der Waals surface area contributed by atoms with Crippen molar-refractivity contribution in [1.82, 2.24) is 5.32 Å². The fourth-order valence-corrected chi connectivity index (χ4v) is 4.34. The molecule has 0 fully saturated rings. The fraction of sp³-hybridized carbons (Fsp3) is 0.571. The molecule has 0 spiro atoms. The van der Waals surface area contributed by atoms with Crippen LogP contribution in [-0.4, -0.2) is 48.0 Å². The maximum atomic E-state index is 13.5. The lowest BCUT2D eigenvalue weighted by atomic mass is 9.80. The molecule has 1 aromatic carbocycles. The molecule has 10 nitrogen and oxygen atoms in total. The van der Waals surface area contributed by atoms with Crippen LogP contribution in [0.3, 0.4) is 0 Å². The molecule has 0 aliphatic heterocycles. The molecule has 0 radical (unpaired) electrons. The van der Waals surface area contributed by atoms with Crippen LogP contribution < -0.4 is 16.8 Å². The first kappa shape index (κ1) is 31.0. The van der Waals surface area contributed by atoms with Crippen molar-refractivity contribution in [3.8, 4) is 0 Å². The zero-order valence-electron chi connectivity index (χ0n) is 22.9. The molecule has 2 rings (SSSR count). The van der Waals surface area contributed by atoms with E-state index < -0.39 is 36.4 Å². The summed E-state index contributed by atoms with van der Waals surface area (Å²) < 4.78 is 17.5. The minimum absolute atomic E-state index is 0.0694. The van der Waals surface area contributed by atoms with Gasteiger partial charge in [0.05, 0.1) is 24.1 Å². The van der Waals surface area contributed by atoms with Crippen molar-refractivity contribution >= 4 is 23.7 Å². The van der Waals surface area contributed by atoms with Gasteiger partial charge < -0.3 is 31.0 Å². The van der Waals surface area contributed by atoms with Crippen LogP contribution >= 0.6 is 0 Å². The SMILES string of the molecule is CCC(CC)O[C@@H]1C=C(C(=O)OC(OC(=O)C(N)C(C)C)c2ccccc2)C[C@H](CC(=N)N)[C@H]1NC(C)=O. The summed E-state index contributed by atoms with van der Waals surface area (Å²) in [4.78, 5) is 38.1. The van der Waals surface area contributed by atoms with Gasteiger partial charge in [0.15, 0.2) is 0 Å². The highest BCUT2D eigenvalue weighted by molar-refractivity contribution is 5.89. The summed E-state index contributed by atoms with van der Waals surface area (Å²) in [5, 5.41) is 10.8. The van der Waals surface area contributed by atoms with E-state index in [9.17, 15) is 14.4 Å². The zero-order chi connectivity index (χ0) is 28.4. The summed E-state index contributed by atoms with van der Waals surface area (Å²) in [6.45, 7) is 8.99. The summed E-state index contributed by atoms with van der Waals surface area (Å²) in [5.74, 6) is -2.25. The largest absolute Gasteiger partial charge is 0.419 e. The molecule has 6 N–H and O–H groups in total. The van der Waals surface area contributed by atoms with Crippen LogP contribution in [0.2, 0.25) is 0 Å². The summed E-state index contributed by atoms with van der Waals surface area (Å²) in [6, 6.07) is 7.28. The highest BCUT2D eigenvalue weighted by Crippen LogP contribution is 2.33. The first-order valence-corrected chi connectivity index (χ1v) is 13.1. The summed E-state index contributed by atoms with van der Waals surface area (Å²) >= 11 is 0. The summed E-state index contributed by atoms with van der Waals surface area (Å²) in [5.41, 5.74) is 12.5. The number of benzene rings is 1. The second-order valence-corrected chi connectivity index (χ2v) is 10.0. The quantitative estimate of drug-likeness (QED) is 0.131. The fourth-order valence-electron chi connectivity index (χ4n) is 4.34. The Morgan fingerprint density at radius 3 is 2.26 bits per heavy atom. The van der Waals surface area contributed by atoms with Gasteiger partial charge in [0, 0.05) is 24.5 Å². The van der Waals surface area contributed by atoms with Gasteiger partial charge in [-0.15, -0.1) is 0 Å². The number of esters is 2. The van der Waals surface area contributed by atoms with Gasteiger partial charge in [-0.1, -0.05) is 58.0 Å². The van der Waals surface area contributed by atoms with Crippen molar-refractivity contribution in [3.05, 3.63) is 47.5 Å². The smallest absolute Gasteiger partial charge is 0.337 e. The van der Waals surface area contributed by atoms with E-state index in [4.69, 9.17) is 31.1 Å². The second-order valence-electron chi connectivity index (χ2n) is 10.0. The van der Waals surface area contributed by atoms with Crippen molar-refractivity contribution < 1.29 is 28.6 Å². The number of amides is 1. The average Bonchev–Trinajstić information content (AvgIpc) is 2.87. The molecule has 0 saturated carbocycles. The number of hydrogen-bond acceptors (Lipinski definition) is 8. The van der Waals surface area contributed by atoms with Gasteiger partial charge in [0.2, 0.25) is 5.91 Å². The van der Waals surface area contributed by atoms with E-state index in [0.29, 0.717) is 11.1 Å². The predicted octanol–water partition coefficient (Wildman–Crippen LogP) is 3.11. The Kier molecular flexibility index (Phi) is 11.9. The van der Waals surface area contributed by atoms with E-state index >= 15 is 0 Å². The standard InChI is InChI=1S/C28H42N4O6/c1-6-21(7-2)36-22-14-20(13-19(15-23(29)30)25(22)32-17(5)33)26(34)37-28(18-11-9-8-10-12-18)38-27(35)24(31)16(3)4/h8-12,14,16,19,21-22,24-25,28H,6-7,13,15,31H2,1-5H3,(H3,29,30)(H,32,33)/t19-,22-,24?,25-,28?/m1/s1. The normalized spacial score (nSPS) is 20.8. The third kappa shape index (κ3) is 8.95. The predicted molar refractivity (Wildman–Crippen MR) is 144 cm³/mol. The molecule has 0 heterocycles. The number of hydrogen-bond donors (Lipinski definition) is 4. The molecule has 0 bridgehead atoms. The molecular weight excluding hydrogens is 488 g/mol. The van der Waals surface area contributed by atoms with E-state index in [1.807, 2.05) is 13.8 Å². The maximum Gasteiger partial charge on any atom is 0.337 e. The van der Waals surface area contributed by atoms with Crippen LogP contribution in [-0.2, 0) is 28.6 Å². The molecule has 0 aromatic heterocycles. The van der Waals surface area contributed by atoms with Crippen LogP contribution in [0.25, 0.3) is 0 Å². The molecule has 38 heavy (non-hydrogen) atoms. The van der Waals surface area contributed by atoms with Crippen LogP contribution in [0, 0.1) is 17.2 Å². The number of ether oxygens (including phenoxy) is 3. The van der Waals surface area contributed by atoms with Crippen LogP contribution in [0.15, 0.2) is 42.0 Å². The monoisotopic (exact) mass is 530 g/mol. The van der Waals surface area contributed by atoms with E-state index in [0.717, 1.165) is 12.8 Å². The molecule has 1 amide bonds. The Morgan fingerprint density at radius 1 is 1.11 bits per heavy atom. The average molecular weight is 531 g/mol. The minimum atomic E-state index is -1.31. The third-order valence-corrected chi connectivity index (χ3v) is 6.58. The van der Waals surface area contributed by atoms with Gasteiger partial charge in [0.25, 0.3) is 6.29 Å². The molecule has 1 aliphatic carbocycles. The molecule has 1 aliphatic rings. The van der Waals surface area contributed by atoms with Gasteiger partial charge >= 0.3 is 11.9 Å². The van der Waals surface area contributed by atoms with E-state index in [2.05, 4.69) is 5.32 Å². The molecule has 5 atom stereocenters. The Balaban J connectivity index is 2.40. The lowest BCUT2D eigenvalue weighted by molar-refractivity contribution is -0.189. The number of rotatable bonds is 13. The molecule has 2 unspecified atom stereocenters. The molecule has 210 valence electrons. The highest BCUT2D eigenvalue weighted by atomic mass is 16.7. The number of nitrogens with two attached hydrogens (primary N) is 2. The van der Waals surface area contributed by atoms with Crippen molar-refractivity contribution in [1.29, 1.82) is 5.41 Å². The maximum absolute atomic E-state index is 13.5. The van der Waals surface area contributed by atoms with Crippen molar-refractivity contribution in [2.24, 2.45) is 23.3 Å². The van der Waals surface area contributed by atoms with Crippen LogP contribution in [0.5, 0.6) is 0 Å². The van der Waals surface area contributed by atoms with Gasteiger partial charge in [-0.3, -0.25) is 15.0 Å². The number of carbonyl (C=O) groups excluding carboxylic acids is 3. The number of carbonyl (C=O) groups is 3. The van der Waals surface area contributed by atoms with Crippen molar-refractivity contribution in [2.45, 2.75) is 90.9 Å². The lowest BCUT2D eigenvalue weighted by Crippen LogP contribution is -2.52. The third-order valence-electron chi connectivity index (χ3n) is 6.58. The second kappa shape index (κ2) is 14.6. The molecule has 0 saturated heterocycles. The van der Waals surface area contributed by atoms with Gasteiger partial charge in [0.1, 0.15) is 6.04 Å². The summed E-state index contributed by atoms with van der Waals surface area (Å²) in [6.07, 6.45) is 1.43. The first-order valence-electron chi connectivity index (χ1n) is 13.1. The van der Waals surface area contributed by atoms with Crippen LogP contribution in [0.1, 0.15) is 72.2 Å². The zero-order valence-corrected chi connectivity index (χ0v) is 22.9. The number of amidine groups is 1. The van der Waals surface area contributed by atoms with Gasteiger partial charge in [-0.25, -0.2) is 4.79 Å². The van der Waals surface area contributed by atoms with Crippen molar-refractivity contribution in [3.63, 3.8) is 0 Å². The lowest BCUT2D eigenvalue weighted by Gasteiger charge is -2.38. The van der Waals surface area contributed by atoms with Gasteiger partial charge in [-0.2, -0.15) is 0 Å². The molecular formula is C28H42N4O6. The summed E-state index contributed by atoms with van der Waals surface area (Å²) in [7, 11) is 0. The van der Waals surface area contributed by atoms with Gasteiger partial charge in [-0.05, 0) is 37.2 Å². The first-order chi connectivity index (χ1) is 18.0. The Hall–Kier alpha value is -3.24. The topological polar surface area (TPSA) is 167 Å². The van der Waals surface area contributed by atoms with E-state index in [1.165, 1.54) is 6.92 Å². The highest BCUT2D eigenvalue weighted by Gasteiger charge is 2.39.